The zero-order chi connectivity index (χ0) is 21.0. The zero-order valence-corrected chi connectivity index (χ0v) is 18.1. The second-order valence-electron chi connectivity index (χ2n) is 7.32. The highest BCUT2D eigenvalue weighted by Gasteiger charge is 2.16. The van der Waals surface area contributed by atoms with Crippen molar-refractivity contribution in [1.82, 2.24) is 24.6 Å². The third-order valence-corrected chi connectivity index (χ3v) is 4.99. The van der Waals surface area contributed by atoms with Crippen LogP contribution in [-0.2, 0) is 13.5 Å². The Labute approximate surface area is 172 Å². The largest absolute Gasteiger partial charge is 0.497 e. The molecule has 0 saturated carbocycles. The summed E-state index contributed by atoms with van der Waals surface area (Å²) in [5.41, 5.74) is 4.14. The Kier molecular flexibility index (Phi) is 6.49. The normalized spacial score (nSPS) is 12.2. The fourth-order valence-corrected chi connectivity index (χ4v) is 3.35. The first-order chi connectivity index (χ1) is 13.9. The van der Waals surface area contributed by atoms with E-state index in [9.17, 15) is 0 Å². The maximum Gasteiger partial charge on any atom is 0.130 e. The number of benzene rings is 1. The van der Waals surface area contributed by atoms with Crippen LogP contribution in [0.3, 0.4) is 0 Å². The van der Waals surface area contributed by atoms with Crippen molar-refractivity contribution >= 4 is 5.82 Å². The molecule has 0 saturated heterocycles. The van der Waals surface area contributed by atoms with Crippen LogP contribution < -0.4 is 10.1 Å². The quantitative estimate of drug-likeness (QED) is 0.631. The van der Waals surface area contributed by atoms with Crippen molar-refractivity contribution in [3.8, 4) is 17.1 Å². The lowest BCUT2D eigenvalue weighted by Gasteiger charge is -2.25. The Hall–Kier alpha value is -2.93. The van der Waals surface area contributed by atoms with Gasteiger partial charge in [-0.25, -0.2) is 9.97 Å². The van der Waals surface area contributed by atoms with Crippen LogP contribution in [0.25, 0.3) is 11.4 Å². The first-order valence-electron chi connectivity index (χ1n) is 9.84. The monoisotopic (exact) mass is 394 g/mol. The fraction of sp³-hybridized carbons (Fsp3) is 0.409. The molecule has 2 heterocycles. The summed E-state index contributed by atoms with van der Waals surface area (Å²) >= 11 is 0. The van der Waals surface area contributed by atoms with Crippen LogP contribution in [0, 0.1) is 6.92 Å². The van der Waals surface area contributed by atoms with Gasteiger partial charge in [0, 0.05) is 19.7 Å². The molecule has 0 spiro atoms. The number of aryl methyl sites for hydroxylation is 3. The molecule has 29 heavy (non-hydrogen) atoms. The van der Waals surface area contributed by atoms with Crippen LogP contribution in [0.1, 0.15) is 30.0 Å². The maximum atomic E-state index is 5.27. The van der Waals surface area contributed by atoms with Gasteiger partial charge in [0.15, 0.2) is 0 Å². The minimum absolute atomic E-state index is 0.197. The molecule has 0 radical (unpaired) electrons. The van der Waals surface area contributed by atoms with Crippen molar-refractivity contribution in [3.05, 3.63) is 53.5 Å². The summed E-state index contributed by atoms with van der Waals surface area (Å²) < 4.78 is 7.15. The Bertz CT molecular complexity index is 948. The van der Waals surface area contributed by atoms with Crippen molar-refractivity contribution in [1.29, 1.82) is 0 Å². The van der Waals surface area contributed by atoms with E-state index in [1.54, 1.807) is 7.11 Å². The van der Waals surface area contributed by atoms with Gasteiger partial charge in [-0.15, -0.1) is 0 Å². The first-order valence-corrected chi connectivity index (χ1v) is 9.84. The van der Waals surface area contributed by atoms with Crippen LogP contribution in [0.2, 0.25) is 0 Å². The molecule has 3 aromatic rings. The van der Waals surface area contributed by atoms with Crippen LogP contribution in [0.5, 0.6) is 5.75 Å². The number of rotatable bonds is 8. The van der Waals surface area contributed by atoms with Gasteiger partial charge in [0.05, 0.1) is 30.2 Å². The van der Waals surface area contributed by atoms with Gasteiger partial charge in [0.1, 0.15) is 17.4 Å². The second kappa shape index (κ2) is 9.05. The Morgan fingerprint density at radius 1 is 1.14 bits per heavy atom. The summed E-state index contributed by atoms with van der Waals surface area (Å²) in [4.78, 5) is 11.4. The number of aromatic nitrogens is 4. The highest BCUT2D eigenvalue weighted by atomic mass is 16.5. The van der Waals surface area contributed by atoms with Crippen molar-refractivity contribution < 1.29 is 4.74 Å². The molecule has 0 aliphatic rings. The number of anilines is 1. The smallest absolute Gasteiger partial charge is 0.130 e. The van der Waals surface area contributed by atoms with Gasteiger partial charge in [0.25, 0.3) is 0 Å². The van der Waals surface area contributed by atoms with Gasteiger partial charge in [0.2, 0.25) is 0 Å². The molecule has 154 valence electrons. The summed E-state index contributed by atoms with van der Waals surface area (Å²) in [6, 6.07) is 12.5. The van der Waals surface area contributed by atoms with E-state index in [0.717, 1.165) is 47.4 Å². The molecule has 0 amide bonds. The van der Waals surface area contributed by atoms with Crippen molar-refractivity contribution in [2.45, 2.75) is 26.3 Å². The standard InChI is InChI=1S/C22H30N6O/c1-7-17-12-20(28(5)26-17)19-13-22(25-15(2)24-19)23-14-21(27(3)4)16-8-10-18(29-6)11-9-16/h8-13,21H,7,14H2,1-6H3,(H,23,24,25). The number of nitrogens with zero attached hydrogens (tertiary/aromatic N) is 5. The molecule has 0 fully saturated rings. The molecule has 0 aliphatic carbocycles. The molecule has 1 N–H and O–H groups in total. The Morgan fingerprint density at radius 3 is 2.45 bits per heavy atom. The molecule has 0 aliphatic heterocycles. The molecule has 1 aromatic carbocycles. The third kappa shape index (κ3) is 4.92. The lowest BCUT2D eigenvalue weighted by atomic mass is 10.1. The van der Waals surface area contributed by atoms with Gasteiger partial charge in [-0.2, -0.15) is 5.10 Å². The number of nitrogens with one attached hydrogen (secondary N) is 1. The van der Waals surface area contributed by atoms with Crippen molar-refractivity contribution in [3.63, 3.8) is 0 Å². The topological polar surface area (TPSA) is 68.1 Å². The van der Waals surface area contributed by atoms with E-state index in [-0.39, 0.29) is 6.04 Å². The van der Waals surface area contributed by atoms with E-state index < -0.39 is 0 Å². The Morgan fingerprint density at radius 2 is 1.86 bits per heavy atom. The van der Waals surface area contributed by atoms with Crippen LogP contribution >= 0.6 is 0 Å². The zero-order valence-electron chi connectivity index (χ0n) is 18.1. The lowest BCUT2D eigenvalue weighted by Crippen LogP contribution is -2.27. The first kappa shape index (κ1) is 20.8. The van der Waals surface area contributed by atoms with Gasteiger partial charge in [-0.05, 0) is 51.2 Å². The number of hydrogen-bond donors (Lipinski definition) is 1. The summed E-state index contributed by atoms with van der Waals surface area (Å²) in [5.74, 6) is 2.40. The SMILES string of the molecule is CCc1cc(-c2cc(NCC(c3ccc(OC)cc3)N(C)C)nc(C)n2)n(C)n1. The average molecular weight is 395 g/mol. The average Bonchev–Trinajstić information content (AvgIpc) is 3.09. The number of ether oxygens (including phenoxy) is 1. The molecule has 2 aromatic heterocycles. The van der Waals surface area contributed by atoms with Gasteiger partial charge in [-0.3, -0.25) is 4.68 Å². The highest BCUT2D eigenvalue weighted by Crippen LogP contribution is 2.24. The molecule has 3 rings (SSSR count). The molecule has 7 nitrogen and oxygen atoms in total. The van der Waals surface area contributed by atoms with Crippen LogP contribution in [0.15, 0.2) is 36.4 Å². The summed E-state index contributed by atoms with van der Waals surface area (Å²) in [7, 11) is 7.79. The minimum Gasteiger partial charge on any atom is -0.497 e. The van der Waals surface area contributed by atoms with Crippen LogP contribution in [-0.4, -0.2) is 52.4 Å². The van der Waals surface area contributed by atoms with Crippen LogP contribution in [0.4, 0.5) is 5.82 Å². The second-order valence-corrected chi connectivity index (χ2v) is 7.32. The van der Waals surface area contributed by atoms with E-state index in [1.807, 2.05) is 36.9 Å². The maximum absolute atomic E-state index is 5.27. The molecule has 1 atom stereocenters. The molecule has 7 heteroatoms. The fourth-order valence-electron chi connectivity index (χ4n) is 3.35. The summed E-state index contributed by atoms with van der Waals surface area (Å²) in [6.07, 6.45) is 0.898. The highest BCUT2D eigenvalue weighted by molar-refractivity contribution is 5.59. The predicted octanol–water partition coefficient (Wildman–Crippen LogP) is 3.47. The molecular weight excluding hydrogens is 364 g/mol. The van der Waals surface area contributed by atoms with E-state index in [0.29, 0.717) is 0 Å². The van der Waals surface area contributed by atoms with E-state index in [2.05, 4.69) is 64.5 Å². The van der Waals surface area contributed by atoms with Crippen molar-refractivity contribution in [2.75, 3.05) is 33.1 Å². The third-order valence-electron chi connectivity index (χ3n) is 4.99. The number of methoxy groups -OCH3 is 1. The molecular formula is C22H30N6O. The summed E-state index contributed by atoms with van der Waals surface area (Å²) in [6.45, 7) is 4.74. The predicted molar refractivity (Wildman–Crippen MR) is 116 cm³/mol. The summed E-state index contributed by atoms with van der Waals surface area (Å²) in [5, 5.41) is 8.03. The van der Waals surface area contributed by atoms with E-state index in [4.69, 9.17) is 4.74 Å². The number of hydrogen-bond acceptors (Lipinski definition) is 6. The van der Waals surface area contributed by atoms with Gasteiger partial charge >= 0.3 is 0 Å². The molecule has 1 unspecified atom stereocenters. The molecule has 0 bridgehead atoms. The van der Waals surface area contributed by atoms with E-state index >= 15 is 0 Å². The Balaban J connectivity index is 1.81. The van der Waals surface area contributed by atoms with Gasteiger partial charge in [-0.1, -0.05) is 19.1 Å². The van der Waals surface area contributed by atoms with E-state index in [1.165, 1.54) is 5.56 Å². The van der Waals surface area contributed by atoms with Gasteiger partial charge < -0.3 is 15.0 Å². The lowest BCUT2D eigenvalue weighted by molar-refractivity contribution is 0.311. The van der Waals surface area contributed by atoms with Crippen molar-refractivity contribution in [2.24, 2.45) is 7.05 Å². The number of likely N-dealkylation sites (N-methyl/N-ethyl adjacent to an activating group) is 1. The minimum atomic E-state index is 0.197.